The molecule has 5 heteroatoms. The van der Waals surface area contributed by atoms with E-state index >= 15 is 0 Å². The first-order chi connectivity index (χ1) is 8.65. The van der Waals surface area contributed by atoms with Crippen molar-refractivity contribution in [1.82, 2.24) is 0 Å². The van der Waals surface area contributed by atoms with Gasteiger partial charge in [0.25, 0.3) is 0 Å². The topological polar surface area (TPSA) is 94.8 Å². The van der Waals surface area contributed by atoms with E-state index in [1.165, 1.54) is 0 Å². The van der Waals surface area contributed by atoms with Crippen molar-refractivity contribution in [3.05, 3.63) is 0 Å². The van der Waals surface area contributed by atoms with Crippen LogP contribution in [0.2, 0.25) is 0 Å². The van der Waals surface area contributed by atoms with Gasteiger partial charge in [0, 0.05) is 5.41 Å². The van der Waals surface area contributed by atoms with Gasteiger partial charge in [-0.2, -0.15) is 0 Å². The number of rotatable bonds is 4. The molecule has 5 atom stereocenters. The zero-order valence-electron chi connectivity index (χ0n) is 11.6. The molecule has 0 aromatic carbocycles. The first-order valence-corrected chi connectivity index (χ1v) is 6.82. The molecular weight excluding hydrogens is 248 g/mol. The molecule has 0 aromatic heterocycles. The number of aliphatic hydroxyl groups excluding tert-OH is 1. The number of hydrogen-bond donors (Lipinski definition) is 3. The van der Waals surface area contributed by atoms with E-state index in [2.05, 4.69) is 0 Å². The second-order valence-electron chi connectivity index (χ2n) is 6.69. The summed E-state index contributed by atoms with van der Waals surface area (Å²) in [5, 5.41) is 29.0. The Bertz CT molecular complexity index is 414. The molecule has 3 N–H and O–H groups in total. The zero-order chi connectivity index (χ0) is 14.6. The highest BCUT2D eigenvalue weighted by Crippen LogP contribution is 2.65. The molecular formula is C14H22O5. The van der Waals surface area contributed by atoms with Gasteiger partial charge in [-0.25, -0.2) is 4.79 Å². The maximum Gasteiger partial charge on any atom is 0.340 e. The Kier molecular flexibility index (Phi) is 3.26. The number of carboxylic acid groups (broad SMARTS) is 1. The number of fused-ring (bicyclic) bond motifs is 2. The van der Waals surface area contributed by atoms with E-state index in [-0.39, 0.29) is 11.8 Å². The lowest BCUT2D eigenvalue weighted by Crippen LogP contribution is -2.74. The number of carbonyl (C=O) groups is 2. The van der Waals surface area contributed by atoms with Crippen LogP contribution in [0.3, 0.4) is 0 Å². The molecule has 0 aliphatic heterocycles. The standard InChI is InChI=1S/C14H22O5/c1-7(2)8-4-5-13(3)6-9(8)14(13,19)11(16)10(15)12(17)18/h7-10,15,19H,4-6H2,1-3H3,(H,17,18). The molecule has 108 valence electrons. The first kappa shape index (κ1) is 14.5. The molecule has 19 heavy (non-hydrogen) atoms. The lowest BCUT2D eigenvalue weighted by molar-refractivity contribution is -0.253. The zero-order valence-corrected chi connectivity index (χ0v) is 11.6. The first-order valence-electron chi connectivity index (χ1n) is 6.82. The van der Waals surface area contributed by atoms with Gasteiger partial charge in [-0.1, -0.05) is 20.8 Å². The van der Waals surface area contributed by atoms with Crippen LogP contribution in [0, 0.1) is 23.2 Å². The highest BCUT2D eigenvalue weighted by molar-refractivity contribution is 6.06. The fourth-order valence-electron chi connectivity index (χ4n) is 4.14. The van der Waals surface area contributed by atoms with Gasteiger partial charge in [0.15, 0.2) is 0 Å². The highest BCUT2D eigenvalue weighted by atomic mass is 16.4. The number of hydrogen-bond acceptors (Lipinski definition) is 4. The van der Waals surface area contributed by atoms with Gasteiger partial charge in [-0.3, -0.25) is 4.79 Å². The molecule has 5 nitrogen and oxygen atoms in total. The molecule has 0 amide bonds. The monoisotopic (exact) mass is 270 g/mol. The van der Waals surface area contributed by atoms with Crippen LogP contribution < -0.4 is 0 Å². The summed E-state index contributed by atoms with van der Waals surface area (Å²) in [6.07, 6.45) is 0.237. The Morgan fingerprint density at radius 3 is 2.32 bits per heavy atom. The van der Waals surface area contributed by atoms with Crippen molar-refractivity contribution in [2.75, 3.05) is 0 Å². The summed E-state index contributed by atoms with van der Waals surface area (Å²) in [6, 6.07) is 0. The molecule has 3 fully saturated rings. The van der Waals surface area contributed by atoms with Gasteiger partial charge < -0.3 is 15.3 Å². The molecule has 0 heterocycles. The summed E-state index contributed by atoms with van der Waals surface area (Å²) in [7, 11) is 0. The molecule has 5 unspecified atom stereocenters. The SMILES string of the molecule is CC(C)C1CCC2(C)CC1C2(O)C(=O)C(O)C(=O)O. The van der Waals surface area contributed by atoms with E-state index in [4.69, 9.17) is 5.11 Å². The molecule has 3 rings (SSSR count). The third-order valence-corrected chi connectivity index (χ3v) is 5.39. The summed E-state index contributed by atoms with van der Waals surface area (Å²) >= 11 is 0. The van der Waals surface area contributed by atoms with Gasteiger partial charge in [-0.05, 0) is 37.0 Å². The maximum atomic E-state index is 12.2. The Hall–Kier alpha value is -0.940. The van der Waals surface area contributed by atoms with Crippen molar-refractivity contribution in [2.24, 2.45) is 23.2 Å². The molecule has 2 bridgehead atoms. The average Bonchev–Trinajstić information content (AvgIpc) is 2.35. The summed E-state index contributed by atoms with van der Waals surface area (Å²) in [5.74, 6) is -2.22. The van der Waals surface area contributed by atoms with Crippen molar-refractivity contribution < 1.29 is 24.9 Å². The van der Waals surface area contributed by atoms with Gasteiger partial charge in [-0.15, -0.1) is 0 Å². The lowest BCUT2D eigenvalue weighted by Gasteiger charge is -2.66. The van der Waals surface area contributed by atoms with Crippen LogP contribution in [0.5, 0.6) is 0 Å². The third-order valence-electron chi connectivity index (χ3n) is 5.39. The van der Waals surface area contributed by atoms with Crippen LogP contribution in [0.25, 0.3) is 0 Å². The minimum atomic E-state index is -2.13. The number of carboxylic acids is 1. The molecule has 3 aliphatic carbocycles. The van der Waals surface area contributed by atoms with Crippen LogP contribution in [-0.4, -0.2) is 38.8 Å². The van der Waals surface area contributed by atoms with Crippen LogP contribution in [0.15, 0.2) is 0 Å². The van der Waals surface area contributed by atoms with Crippen LogP contribution >= 0.6 is 0 Å². The number of aliphatic hydroxyl groups is 2. The van der Waals surface area contributed by atoms with Gasteiger partial charge in [0.2, 0.25) is 11.9 Å². The predicted molar refractivity (Wildman–Crippen MR) is 67.4 cm³/mol. The molecule has 3 saturated carbocycles. The summed E-state index contributed by atoms with van der Waals surface area (Å²) < 4.78 is 0. The number of Topliss-reactive ketones (excluding diaryl/α,β-unsaturated/α-hetero) is 1. The van der Waals surface area contributed by atoms with Crippen molar-refractivity contribution in [3.8, 4) is 0 Å². The van der Waals surface area contributed by atoms with E-state index in [1.807, 2.05) is 20.8 Å². The quantitative estimate of drug-likeness (QED) is 0.658. The summed E-state index contributed by atoms with van der Waals surface area (Å²) in [6.45, 7) is 5.90. The Morgan fingerprint density at radius 2 is 1.89 bits per heavy atom. The van der Waals surface area contributed by atoms with E-state index in [0.29, 0.717) is 12.3 Å². The van der Waals surface area contributed by atoms with Crippen LogP contribution in [-0.2, 0) is 9.59 Å². The fraction of sp³-hybridized carbons (Fsp3) is 0.857. The van der Waals surface area contributed by atoms with E-state index < -0.39 is 28.9 Å². The summed E-state index contributed by atoms with van der Waals surface area (Å²) in [5.41, 5.74) is -2.27. The van der Waals surface area contributed by atoms with Gasteiger partial charge in [0.1, 0.15) is 5.60 Å². The molecule has 0 aromatic rings. The van der Waals surface area contributed by atoms with Crippen LogP contribution in [0.4, 0.5) is 0 Å². The maximum absolute atomic E-state index is 12.2. The minimum absolute atomic E-state index is 0.205. The Labute approximate surface area is 112 Å². The van der Waals surface area contributed by atoms with Gasteiger partial charge >= 0.3 is 5.97 Å². The van der Waals surface area contributed by atoms with E-state index in [1.54, 1.807) is 0 Å². The second-order valence-corrected chi connectivity index (χ2v) is 6.69. The minimum Gasteiger partial charge on any atom is -0.479 e. The smallest absolute Gasteiger partial charge is 0.340 e. The Balaban J connectivity index is 2.31. The Morgan fingerprint density at radius 1 is 1.32 bits per heavy atom. The predicted octanol–water partition coefficient (Wildman–Crippen LogP) is 0.824. The van der Waals surface area contributed by atoms with E-state index in [9.17, 15) is 19.8 Å². The second kappa shape index (κ2) is 4.28. The van der Waals surface area contributed by atoms with E-state index in [0.717, 1.165) is 12.8 Å². The summed E-state index contributed by atoms with van der Waals surface area (Å²) in [4.78, 5) is 23.0. The van der Waals surface area contributed by atoms with Crippen molar-refractivity contribution in [1.29, 1.82) is 0 Å². The lowest BCUT2D eigenvalue weighted by atomic mass is 9.40. The third kappa shape index (κ3) is 1.75. The number of aliphatic carboxylic acids is 1. The average molecular weight is 270 g/mol. The largest absolute Gasteiger partial charge is 0.479 e. The van der Waals surface area contributed by atoms with Gasteiger partial charge in [0.05, 0.1) is 0 Å². The van der Waals surface area contributed by atoms with Crippen LogP contribution in [0.1, 0.15) is 40.0 Å². The molecule has 0 saturated heterocycles. The molecule has 0 spiro atoms. The normalized spacial score (nSPS) is 42.6. The number of ketones is 1. The molecule has 3 aliphatic rings. The fourth-order valence-corrected chi connectivity index (χ4v) is 4.14. The van der Waals surface area contributed by atoms with Crippen molar-refractivity contribution in [2.45, 2.75) is 51.7 Å². The van der Waals surface area contributed by atoms with Crippen molar-refractivity contribution in [3.63, 3.8) is 0 Å². The molecule has 0 radical (unpaired) electrons. The number of carbonyl (C=O) groups excluding carboxylic acids is 1. The van der Waals surface area contributed by atoms with Crippen molar-refractivity contribution >= 4 is 11.8 Å². The highest BCUT2D eigenvalue weighted by Gasteiger charge is 2.71.